The van der Waals surface area contributed by atoms with Crippen LogP contribution in [0.2, 0.25) is 0 Å². The van der Waals surface area contributed by atoms with Gasteiger partial charge in [-0.2, -0.15) is 0 Å². The van der Waals surface area contributed by atoms with Gasteiger partial charge in [0.1, 0.15) is 0 Å². The highest BCUT2D eigenvalue weighted by molar-refractivity contribution is 4.91. The molecule has 1 saturated carbocycles. The van der Waals surface area contributed by atoms with Crippen molar-refractivity contribution >= 4 is 0 Å². The van der Waals surface area contributed by atoms with E-state index in [2.05, 4.69) is 47.6 Å². The molecule has 1 aromatic rings. The summed E-state index contributed by atoms with van der Waals surface area (Å²) in [5.74, 6) is 1.86. The van der Waals surface area contributed by atoms with Crippen LogP contribution in [-0.2, 0) is 13.1 Å². The van der Waals surface area contributed by atoms with Crippen molar-refractivity contribution in [3.8, 4) is 0 Å². The molecule has 1 heterocycles. The highest BCUT2D eigenvalue weighted by Gasteiger charge is 2.32. The number of nitrogens with zero attached hydrogens (tertiary/aromatic N) is 4. The lowest BCUT2D eigenvalue weighted by Crippen LogP contribution is -2.26. The minimum atomic E-state index is 0.823. The van der Waals surface area contributed by atoms with Crippen molar-refractivity contribution in [2.45, 2.75) is 39.8 Å². The van der Waals surface area contributed by atoms with Crippen LogP contribution in [0.1, 0.15) is 32.4 Å². The molecule has 1 aromatic heterocycles. The fourth-order valence-corrected chi connectivity index (χ4v) is 2.34. The SMILES string of the molecule is CCCNCc1cn(CCN(C)CC2CC2C)nn1. The van der Waals surface area contributed by atoms with Crippen LogP contribution in [-0.4, -0.2) is 46.6 Å². The Bertz CT molecular complexity index is 376. The third-order valence-electron chi connectivity index (χ3n) is 3.85. The molecule has 1 fully saturated rings. The van der Waals surface area contributed by atoms with Crippen LogP contribution in [0, 0.1) is 11.8 Å². The fourth-order valence-electron chi connectivity index (χ4n) is 2.34. The van der Waals surface area contributed by atoms with Crippen molar-refractivity contribution in [3.05, 3.63) is 11.9 Å². The van der Waals surface area contributed by atoms with E-state index in [0.717, 1.165) is 50.1 Å². The first kappa shape index (κ1) is 14.5. The van der Waals surface area contributed by atoms with E-state index in [-0.39, 0.29) is 0 Å². The van der Waals surface area contributed by atoms with Gasteiger partial charge in [0.2, 0.25) is 0 Å². The summed E-state index contributed by atoms with van der Waals surface area (Å²) in [5.41, 5.74) is 1.03. The Morgan fingerprint density at radius 3 is 3.00 bits per heavy atom. The predicted molar refractivity (Wildman–Crippen MR) is 76.8 cm³/mol. The number of likely N-dealkylation sites (N-methyl/N-ethyl adjacent to an activating group) is 1. The van der Waals surface area contributed by atoms with Gasteiger partial charge in [0, 0.05) is 25.8 Å². The standard InChI is InChI=1S/C14H27N5/c1-4-5-15-9-14-11-19(17-16-14)7-6-18(3)10-13-8-12(13)2/h11-13,15H,4-10H2,1-3H3. The van der Waals surface area contributed by atoms with Gasteiger partial charge in [-0.1, -0.05) is 19.1 Å². The number of hydrogen-bond acceptors (Lipinski definition) is 4. The molecular formula is C14H27N5. The molecule has 5 heteroatoms. The van der Waals surface area contributed by atoms with E-state index < -0.39 is 0 Å². The first-order valence-electron chi connectivity index (χ1n) is 7.47. The van der Waals surface area contributed by atoms with Crippen LogP contribution in [0.15, 0.2) is 6.20 Å². The summed E-state index contributed by atoms with van der Waals surface area (Å²) in [5, 5.41) is 11.7. The smallest absolute Gasteiger partial charge is 0.0964 e. The van der Waals surface area contributed by atoms with Crippen molar-refractivity contribution in [2.24, 2.45) is 11.8 Å². The summed E-state index contributed by atoms with van der Waals surface area (Å²) in [6, 6.07) is 0. The summed E-state index contributed by atoms with van der Waals surface area (Å²) in [6.07, 6.45) is 4.61. The Hall–Kier alpha value is -0.940. The maximum absolute atomic E-state index is 4.18. The molecule has 2 rings (SSSR count). The molecule has 2 atom stereocenters. The van der Waals surface area contributed by atoms with E-state index in [1.165, 1.54) is 13.0 Å². The maximum atomic E-state index is 4.18. The summed E-state index contributed by atoms with van der Waals surface area (Å²) in [4.78, 5) is 2.41. The monoisotopic (exact) mass is 265 g/mol. The maximum Gasteiger partial charge on any atom is 0.0964 e. The molecule has 1 aliphatic rings. The zero-order valence-electron chi connectivity index (χ0n) is 12.5. The van der Waals surface area contributed by atoms with Gasteiger partial charge in [-0.3, -0.25) is 4.68 Å². The number of aromatic nitrogens is 3. The van der Waals surface area contributed by atoms with Crippen LogP contribution in [0.3, 0.4) is 0 Å². The molecule has 0 spiro atoms. The largest absolute Gasteiger partial charge is 0.311 e. The molecular weight excluding hydrogens is 238 g/mol. The average Bonchev–Trinajstić information content (AvgIpc) is 2.91. The Balaban J connectivity index is 1.64. The zero-order valence-corrected chi connectivity index (χ0v) is 12.5. The average molecular weight is 265 g/mol. The molecule has 1 aliphatic carbocycles. The zero-order chi connectivity index (χ0) is 13.7. The van der Waals surface area contributed by atoms with Gasteiger partial charge in [0.25, 0.3) is 0 Å². The van der Waals surface area contributed by atoms with E-state index in [9.17, 15) is 0 Å². The molecule has 0 bridgehead atoms. The third kappa shape index (κ3) is 4.91. The van der Waals surface area contributed by atoms with Crippen molar-refractivity contribution in [1.82, 2.24) is 25.2 Å². The Labute approximate surface area is 116 Å². The summed E-state index contributed by atoms with van der Waals surface area (Å²) >= 11 is 0. The molecule has 19 heavy (non-hydrogen) atoms. The van der Waals surface area contributed by atoms with Gasteiger partial charge in [0.15, 0.2) is 0 Å². The van der Waals surface area contributed by atoms with E-state index in [1.807, 2.05) is 4.68 Å². The van der Waals surface area contributed by atoms with E-state index in [0.29, 0.717) is 0 Å². The van der Waals surface area contributed by atoms with E-state index in [1.54, 1.807) is 0 Å². The number of rotatable bonds is 9. The lowest BCUT2D eigenvalue weighted by Gasteiger charge is -2.15. The minimum absolute atomic E-state index is 0.823. The number of hydrogen-bond donors (Lipinski definition) is 1. The molecule has 108 valence electrons. The normalized spacial score (nSPS) is 22.1. The van der Waals surface area contributed by atoms with Crippen LogP contribution < -0.4 is 5.32 Å². The van der Waals surface area contributed by atoms with Crippen molar-refractivity contribution in [3.63, 3.8) is 0 Å². The summed E-state index contributed by atoms with van der Waals surface area (Å²) in [6.45, 7) is 9.57. The van der Waals surface area contributed by atoms with Crippen LogP contribution >= 0.6 is 0 Å². The molecule has 0 aliphatic heterocycles. The van der Waals surface area contributed by atoms with Gasteiger partial charge in [0.05, 0.1) is 12.2 Å². The highest BCUT2D eigenvalue weighted by Crippen LogP contribution is 2.37. The van der Waals surface area contributed by atoms with Gasteiger partial charge >= 0.3 is 0 Å². The molecule has 1 N–H and O–H groups in total. The fraction of sp³-hybridized carbons (Fsp3) is 0.857. The van der Waals surface area contributed by atoms with Crippen molar-refractivity contribution < 1.29 is 0 Å². The Morgan fingerprint density at radius 1 is 1.53 bits per heavy atom. The first-order chi connectivity index (χ1) is 9.19. The minimum Gasteiger partial charge on any atom is -0.311 e. The lowest BCUT2D eigenvalue weighted by molar-refractivity contribution is 0.295. The topological polar surface area (TPSA) is 46.0 Å². The highest BCUT2D eigenvalue weighted by atomic mass is 15.4. The van der Waals surface area contributed by atoms with Crippen LogP contribution in [0.4, 0.5) is 0 Å². The van der Waals surface area contributed by atoms with Gasteiger partial charge in [-0.05, 0) is 38.3 Å². The second-order valence-electron chi connectivity index (χ2n) is 5.89. The Kier molecular flexibility index (Phi) is 5.34. The van der Waals surface area contributed by atoms with Gasteiger partial charge in [-0.15, -0.1) is 5.10 Å². The predicted octanol–water partition coefficient (Wildman–Crippen LogP) is 1.37. The quantitative estimate of drug-likeness (QED) is 0.685. The summed E-state index contributed by atoms with van der Waals surface area (Å²) < 4.78 is 1.95. The van der Waals surface area contributed by atoms with Crippen LogP contribution in [0.5, 0.6) is 0 Å². The van der Waals surface area contributed by atoms with Gasteiger partial charge in [-0.25, -0.2) is 0 Å². The molecule has 5 nitrogen and oxygen atoms in total. The van der Waals surface area contributed by atoms with Crippen molar-refractivity contribution in [1.29, 1.82) is 0 Å². The van der Waals surface area contributed by atoms with E-state index in [4.69, 9.17) is 0 Å². The lowest BCUT2D eigenvalue weighted by atomic mass is 10.3. The first-order valence-corrected chi connectivity index (χ1v) is 7.47. The van der Waals surface area contributed by atoms with Crippen LogP contribution in [0.25, 0.3) is 0 Å². The molecule has 0 saturated heterocycles. The molecule has 0 aromatic carbocycles. The second-order valence-corrected chi connectivity index (χ2v) is 5.89. The molecule has 0 amide bonds. The third-order valence-corrected chi connectivity index (χ3v) is 3.85. The number of nitrogens with one attached hydrogen (secondary N) is 1. The molecule has 2 unspecified atom stereocenters. The molecule has 0 radical (unpaired) electrons. The summed E-state index contributed by atoms with van der Waals surface area (Å²) in [7, 11) is 2.20. The second kappa shape index (κ2) is 7.01. The Morgan fingerprint density at radius 2 is 2.32 bits per heavy atom. The van der Waals surface area contributed by atoms with Gasteiger partial charge < -0.3 is 10.2 Å². The van der Waals surface area contributed by atoms with Crippen molar-refractivity contribution in [2.75, 3.05) is 26.7 Å². The van der Waals surface area contributed by atoms with E-state index >= 15 is 0 Å².